The van der Waals surface area contributed by atoms with Gasteiger partial charge in [0.05, 0.1) is 4.92 Å². The van der Waals surface area contributed by atoms with Crippen LogP contribution in [-0.2, 0) is 11.2 Å². The average Bonchev–Trinajstić information content (AvgIpc) is 2.73. The van der Waals surface area contributed by atoms with Crippen molar-refractivity contribution in [1.29, 1.82) is 0 Å². The molecular weight excluding hydrogens is 296 g/mol. The van der Waals surface area contributed by atoms with Gasteiger partial charge in [-0.05, 0) is 44.0 Å². The van der Waals surface area contributed by atoms with Gasteiger partial charge in [0.15, 0.2) is 0 Å². The standard InChI is InChI=1S/C17H24N2O4/c1-3-18-10-6-4-5-7-15(18)11-14-8-9-17(23-13(2)20)16(12-14)19(21)22/h8-9,12,15H,3-7,10-11H2,1-2H3. The summed E-state index contributed by atoms with van der Waals surface area (Å²) in [5.41, 5.74) is 0.771. The maximum atomic E-state index is 11.2. The first-order chi connectivity index (χ1) is 11.0. The van der Waals surface area contributed by atoms with Crippen LogP contribution in [0.4, 0.5) is 5.69 Å². The number of esters is 1. The molecule has 0 N–H and O–H groups in total. The largest absolute Gasteiger partial charge is 0.419 e. The van der Waals surface area contributed by atoms with Crippen LogP contribution in [-0.4, -0.2) is 34.9 Å². The first kappa shape index (κ1) is 17.4. The quantitative estimate of drug-likeness (QED) is 0.360. The molecule has 0 aliphatic carbocycles. The Kier molecular flexibility index (Phi) is 6.10. The van der Waals surface area contributed by atoms with Crippen LogP contribution in [0.15, 0.2) is 18.2 Å². The van der Waals surface area contributed by atoms with E-state index in [4.69, 9.17) is 4.74 Å². The highest BCUT2D eigenvalue weighted by atomic mass is 16.6. The fraction of sp³-hybridized carbons (Fsp3) is 0.588. The molecule has 1 unspecified atom stereocenters. The molecule has 0 saturated carbocycles. The van der Waals surface area contributed by atoms with E-state index in [1.807, 2.05) is 6.07 Å². The molecule has 0 radical (unpaired) electrons. The summed E-state index contributed by atoms with van der Waals surface area (Å²) < 4.78 is 4.92. The number of likely N-dealkylation sites (tertiary alicyclic amines) is 1. The molecule has 1 saturated heterocycles. The van der Waals surface area contributed by atoms with Gasteiger partial charge in [-0.2, -0.15) is 0 Å². The lowest BCUT2D eigenvalue weighted by molar-refractivity contribution is -0.385. The van der Waals surface area contributed by atoms with Crippen molar-refractivity contribution < 1.29 is 14.5 Å². The zero-order chi connectivity index (χ0) is 16.8. The molecule has 1 aliphatic heterocycles. The van der Waals surface area contributed by atoms with Gasteiger partial charge < -0.3 is 9.64 Å². The third-order valence-electron chi connectivity index (χ3n) is 4.35. The number of likely N-dealkylation sites (N-methyl/N-ethyl adjacent to an activating group) is 1. The van der Waals surface area contributed by atoms with Crippen molar-refractivity contribution in [3.8, 4) is 5.75 Å². The maximum absolute atomic E-state index is 11.2. The number of hydrogen-bond acceptors (Lipinski definition) is 5. The van der Waals surface area contributed by atoms with Crippen molar-refractivity contribution in [2.75, 3.05) is 13.1 Å². The Morgan fingerprint density at radius 2 is 2.17 bits per heavy atom. The highest BCUT2D eigenvalue weighted by Gasteiger charge is 2.22. The van der Waals surface area contributed by atoms with Crippen LogP contribution in [0.2, 0.25) is 0 Å². The first-order valence-electron chi connectivity index (χ1n) is 8.21. The topological polar surface area (TPSA) is 72.7 Å². The summed E-state index contributed by atoms with van der Waals surface area (Å²) in [5, 5.41) is 11.2. The van der Waals surface area contributed by atoms with Gasteiger partial charge in [-0.25, -0.2) is 0 Å². The molecule has 23 heavy (non-hydrogen) atoms. The number of rotatable bonds is 5. The lowest BCUT2D eigenvalue weighted by Crippen LogP contribution is -2.36. The minimum absolute atomic E-state index is 0.0134. The van der Waals surface area contributed by atoms with Crippen LogP contribution in [0.3, 0.4) is 0 Å². The molecule has 2 rings (SSSR count). The second-order valence-electron chi connectivity index (χ2n) is 5.99. The minimum atomic E-state index is -0.554. The van der Waals surface area contributed by atoms with E-state index in [0.717, 1.165) is 31.5 Å². The number of nitro groups is 1. The zero-order valence-electron chi connectivity index (χ0n) is 13.8. The van der Waals surface area contributed by atoms with Crippen LogP contribution in [0.25, 0.3) is 0 Å². The number of nitro benzene ring substituents is 1. The van der Waals surface area contributed by atoms with Crippen molar-refractivity contribution in [2.45, 2.75) is 52.0 Å². The highest BCUT2D eigenvalue weighted by molar-refractivity contribution is 5.71. The number of carbonyl (C=O) groups is 1. The summed E-state index contributed by atoms with van der Waals surface area (Å²) in [4.78, 5) is 24.2. The lowest BCUT2D eigenvalue weighted by atomic mass is 10.00. The second-order valence-corrected chi connectivity index (χ2v) is 5.99. The van der Waals surface area contributed by atoms with Crippen LogP contribution < -0.4 is 4.74 Å². The zero-order valence-corrected chi connectivity index (χ0v) is 13.8. The summed E-state index contributed by atoms with van der Waals surface area (Å²) in [6.07, 6.45) is 5.57. The molecule has 1 fully saturated rings. The number of nitrogens with zero attached hydrogens (tertiary/aromatic N) is 2. The molecule has 1 atom stereocenters. The molecule has 6 nitrogen and oxygen atoms in total. The van der Waals surface area contributed by atoms with Crippen molar-refractivity contribution in [3.05, 3.63) is 33.9 Å². The third-order valence-corrected chi connectivity index (χ3v) is 4.35. The van der Waals surface area contributed by atoms with Crippen LogP contribution in [0, 0.1) is 10.1 Å². The van der Waals surface area contributed by atoms with Gasteiger partial charge in [-0.15, -0.1) is 0 Å². The van der Waals surface area contributed by atoms with Gasteiger partial charge in [0, 0.05) is 19.0 Å². The van der Waals surface area contributed by atoms with Gasteiger partial charge in [0.1, 0.15) is 0 Å². The second kappa shape index (κ2) is 8.06. The smallest absolute Gasteiger partial charge is 0.311 e. The molecule has 1 aromatic carbocycles. The van der Waals surface area contributed by atoms with E-state index in [0.29, 0.717) is 6.04 Å². The molecule has 0 amide bonds. The maximum Gasteiger partial charge on any atom is 0.311 e. The summed E-state index contributed by atoms with van der Waals surface area (Å²) in [7, 11) is 0. The van der Waals surface area contributed by atoms with E-state index in [1.165, 1.54) is 38.3 Å². The normalized spacial score (nSPS) is 19.1. The van der Waals surface area contributed by atoms with E-state index < -0.39 is 10.9 Å². The Bertz CT molecular complexity index is 574. The van der Waals surface area contributed by atoms with Crippen molar-refractivity contribution in [3.63, 3.8) is 0 Å². The number of ether oxygens (including phenoxy) is 1. The average molecular weight is 320 g/mol. The molecule has 6 heteroatoms. The Balaban J connectivity index is 2.20. The van der Waals surface area contributed by atoms with Gasteiger partial charge in [0.2, 0.25) is 5.75 Å². The van der Waals surface area contributed by atoms with E-state index in [1.54, 1.807) is 0 Å². The number of benzene rings is 1. The Morgan fingerprint density at radius 1 is 1.39 bits per heavy atom. The summed E-state index contributed by atoms with van der Waals surface area (Å²) in [5.74, 6) is -0.541. The molecule has 1 heterocycles. The molecular formula is C17H24N2O4. The van der Waals surface area contributed by atoms with Crippen molar-refractivity contribution >= 4 is 11.7 Å². The summed E-state index contributed by atoms with van der Waals surface area (Å²) >= 11 is 0. The van der Waals surface area contributed by atoms with Gasteiger partial charge >= 0.3 is 11.7 Å². The van der Waals surface area contributed by atoms with Crippen molar-refractivity contribution in [1.82, 2.24) is 4.90 Å². The minimum Gasteiger partial charge on any atom is -0.419 e. The molecule has 126 valence electrons. The van der Waals surface area contributed by atoms with E-state index in [2.05, 4.69) is 11.8 Å². The fourth-order valence-electron chi connectivity index (χ4n) is 3.23. The van der Waals surface area contributed by atoms with Gasteiger partial charge in [-0.1, -0.05) is 25.8 Å². The monoisotopic (exact) mass is 320 g/mol. The Morgan fingerprint density at radius 3 is 2.83 bits per heavy atom. The Hall–Kier alpha value is -1.95. The molecule has 1 aliphatic rings. The van der Waals surface area contributed by atoms with Gasteiger partial charge in [0.25, 0.3) is 0 Å². The number of hydrogen-bond donors (Lipinski definition) is 0. The van der Waals surface area contributed by atoms with Gasteiger partial charge in [-0.3, -0.25) is 14.9 Å². The predicted molar refractivity (Wildman–Crippen MR) is 87.6 cm³/mol. The van der Waals surface area contributed by atoms with Crippen molar-refractivity contribution in [2.24, 2.45) is 0 Å². The lowest BCUT2D eigenvalue weighted by Gasteiger charge is -2.28. The fourth-order valence-corrected chi connectivity index (χ4v) is 3.23. The first-order valence-corrected chi connectivity index (χ1v) is 8.21. The Labute approximate surface area is 136 Å². The van der Waals surface area contributed by atoms with Crippen LogP contribution >= 0.6 is 0 Å². The molecule has 1 aromatic rings. The summed E-state index contributed by atoms with van der Waals surface area (Å²) in [6.45, 7) is 5.49. The number of carbonyl (C=O) groups excluding carboxylic acids is 1. The SMILES string of the molecule is CCN1CCCCCC1Cc1ccc(OC(C)=O)c([N+](=O)[O-])c1. The van der Waals surface area contributed by atoms with Crippen LogP contribution in [0.5, 0.6) is 5.75 Å². The highest BCUT2D eigenvalue weighted by Crippen LogP contribution is 2.30. The van der Waals surface area contributed by atoms with E-state index >= 15 is 0 Å². The van der Waals surface area contributed by atoms with E-state index in [-0.39, 0.29) is 11.4 Å². The van der Waals surface area contributed by atoms with Crippen LogP contribution in [0.1, 0.15) is 45.1 Å². The predicted octanol–water partition coefficient (Wildman–Crippen LogP) is 3.33. The molecule has 0 spiro atoms. The summed E-state index contributed by atoms with van der Waals surface area (Å²) in [6, 6.07) is 5.31. The molecule has 0 bridgehead atoms. The van der Waals surface area contributed by atoms with E-state index in [9.17, 15) is 14.9 Å². The molecule has 0 aromatic heterocycles. The third kappa shape index (κ3) is 4.76.